The molecule has 2 N–H and O–H groups in total. The number of carbonyl (C=O) groups is 3. The molecule has 2 heterocycles. The summed E-state index contributed by atoms with van der Waals surface area (Å²) in [4.78, 5) is 38.5. The molecule has 1 aliphatic heterocycles. The molecule has 1 aromatic heterocycles. The SMILES string of the molecule is CC1(c2ccc(Br)s2)NC(=O)N(CC(=O)Nc2ccc(F)cc2)C1=O. The van der Waals surface area contributed by atoms with Crippen molar-refractivity contribution in [3.05, 3.63) is 50.9 Å². The minimum atomic E-state index is -1.20. The van der Waals surface area contributed by atoms with Gasteiger partial charge in [-0.05, 0) is 59.3 Å². The monoisotopic (exact) mass is 425 g/mol. The van der Waals surface area contributed by atoms with Crippen molar-refractivity contribution in [2.45, 2.75) is 12.5 Å². The van der Waals surface area contributed by atoms with Gasteiger partial charge in [-0.3, -0.25) is 14.5 Å². The van der Waals surface area contributed by atoms with E-state index in [0.29, 0.717) is 10.6 Å². The van der Waals surface area contributed by atoms with Crippen LogP contribution in [0, 0.1) is 5.82 Å². The molecule has 0 radical (unpaired) electrons. The number of anilines is 1. The van der Waals surface area contributed by atoms with E-state index >= 15 is 0 Å². The number of carbonyl (C=O) groups excluding carboxylic acids is 3. The number of hydrogen-bond donors (Lipinski definition) is 2. The summed E-state index contributed by atoms with van der Waals surface area (Å²) in [5, 5.41) is 5.16. The Morgan fingerprint density at radius 1 is 1.28 bits per heavy atom. The predicted octanol–water partition coefficient (Wildman–Crippen LogP) is 3.06. The third-order valence-corrected chi connectivity index (χ3v) is 5.62. The first-order valence-corrected chi connectivity index (χ1v) is 8.86. The number of thiophene rings is 1. The Morgan fingerprint density at radius 3 is 2.56 bits per heavy atom. The average molecular weight is 426 g/mol. The number of nitrogens with one attached hydrogen (secondary N) is 2. The summed E-state index contributed by atoms with van der Waals surface area (Å²) >= 11 is 4.66. The number of amides is 4. The van der Waals surface area contributed by atoms with Crippen LogP contribution in [0.5, 0.6) is 0 Å². The second kappa shape index (κ2) is 6.57. The van der Waals surface area contributed by atoms with E-state index in [1.54, 1.807) is 19.1 Å². The first-order chi connectivity index (χ1) is 11.8. The van der Waals surface area contributed by atoms with Crippen LogP contribution in [0.1, 0.15) is 11.8 Å². The van der Waals surface area contributed by atoms with Gasteiger partial charge in [0.2, 0.25) is 5.91 Å². The topological polar surface area (TPSA) is 78.5 Å². The Morgan fingerprint density at radius 2 is 1.96 bits per heavy atom. The van der Waals surface area contributed by atoms with E-state index in [0.717, 1.165) is 8.69 Å². The van der Waals surface area contributed by atoms with Gasteiger partial charge in [-0.1, -0.05) is 0 Å². The molecule has 3 rings (SSSR count). The minimum Gasteiger partial charge on any atom is -0.325 e. The van der Waals surface area contributed by atoms with Crippen molar-refractivity contribution in [2.24, 2.45) is 0 Å². The molecule has 1 fully saturated rings. The van der Waals surface area contributed by atoms with Gasteiger partial charge >= 0.3 is 6.03 Å². The Hall–Kier alpha value is -2.26. The third-order valence-electron chi connectivity index (χ3n) is 3.77. The van der Waals surface area contributed by atoms with Gasteiger partial charge in [0.1, 0.15) is 12.4 Å². The third kappa shape index (κ3) is 3.42. The van der Waals surface area contributed by atoms with E-state index in [1.165, 1.54) is 35.6 Å². The summed E-state index contributed by atoms with van der Waals surface area (Å²) < 4.78 is 13.7. The Bertz CT molecular complexity index is 855. The van der Waals surface area contributed by atoms with Gasteiger partial charge in [0.05, 0.1) is 3.79 Å². The van der Waals surface area contributed by atoms with E-state index in [4.69, 9.17) is 0 Å². The number of rotatable bonds is 4. The molecule has 1 unspecified atom stereocenters. The molecule has 0 bridgehead atoms. The van der Waals surface area contributed by atoms with Crippen LogP contribution in [0.25, 0.3) is 0 Å². The van der Waals surface area contributed by atoms with Crippen LogP contribution in [-0.2, 0) is 15.1 Å². The maximum absolute atomic E-state index is 12.9. The van der Waals surface area contributed by atoms with Gasteiger partial charge in [0.15, 0.2) is 5.54 Å². The van der Waals surface area contributed by atoms with Crippen molar-refractivity contribution >= 4 is 50.8 Å². The number of nitrogens with zero attached hydrogens (tertiary/aromatic N) is 1. The van der Waals surface area contributed by atoms with Crippen molar-refractivity contribution in [3.8, 4) is 0 Å². The molecule has 0 aliphatic carbocycles. The molecule has 0 saturated carbocycles. The molecule has 6 nitrogen and oxygen atoms in total. The summed E-state index contributed by atoms with van der Waals surface area (Å²) in [7, 11) is 0. The number of benzene rings is 1. The zero-order chi connectivity index (χ0) is 18.2. The number of imide groups is 1. The summed E-state index contributed by atoms with van der Waals surface area (Å²) in [5.41, 5.74) is -0.826. The van der Waals surface area contributed by atoms with Crippen LogP contribution in [0.4, 0.5) is 14.9 Å². The summed E-state index contributed by atoms with van der Waals surface area (Å²) in [6, 6.07) is 8.10. The van der Waals surface area contributed by atoms with Gasteiger partial charge in [-0.15, -0.1) is 11.3 Å². The fourth-order valence-corrected chi connectivity index (χ4v) is 3.95. The Balaban J connectivity index is 1.72. The molecule has 4 amide bonds. The standard InChI is InChI=1S/C16H13BrFN3O3S/c1-16(11-6-7-12(17)25-11)14(23)21(15(24)20-16)8-13(22)19-10-4-2-9(18)3-5-10/h2-7H,8H2,1H3,(H,19,22)(H,20,24). The fourth-order valence-electron chi connectivity index (χ4n) is 2.47. The van der Waals surface area contributed by atoms with Gasteiger partial charge in [-0.2, -0.15) is 0 Å². The number of halogens is 2. The highest BCUT2D eigenvalue weighted by Gasteiger charge is 2.50. The fraction of sp³-hybridized carbons (Fsp3) is 0.188. The smallest absolute Gasteiger partial charge is 0.325 e. The van der Waals surface area contributed by atoms with E-state index in [-0.39, 0.29) is 0 Å². The van der Waals surface area contributed by atoms with Gasteiger partial charge in [0, 0.05) is 10.6 Å². The average Bonchev–Trinajstić information content (AvgIpc) is 3.08. The van der Waals surface area contributed by atoms with Crippen molar-refractivity contribution < 1.29 is 18.8 Å². The highest BCUT2D eigenvalue weighted by molar-refractivity contribution is 9.11. The van der Waals surface area contributed by atoms with E-state index < -0.39 is 35.7 Å². The first kappa shape index (κ1) is 17.6. The molecule has 1 saturated heterocycles. The summed E-state index contributed by atoms with van der Waals surface area (Å²) in [6.07, 6.45) is 0. The van der Waals surface area contributed by atoms with Gasteiger partial charge in [-0.25, -0.2) is 9.18 Å². The highest BCUT2D eigenvalue weighted by Crippen LogP contribution is 2.35. The Kier molecular flexibility index (Phi) is 4.61. The second-order valence-electron chi connectivity index (χ2n) is 5.61. The van der Waals surface area contributed by atoms with Crippen LogP contribution in [0.2, 0.25) is 0 Å². The Labute approximate surface area is 155 Å². The zero-order valence-electron chi connectivity index (χ0n) is 13.0. The van der Waals surface area contributed by atoms with Crippen LogP contribution >= 0.6 is 27.3 Å². The van der Waals surface area contributed by atoms with Crippen LogP contribution < -0.4 is 10.6 Å². The number of hydrogen-bond acceptors (Lipinski definition) is 4. The molecular weight excluding hydrogens is 413 g/mol. The van der Waals surface area contributed by atoms with Crippen molar-refractivity contribution in [2.75, 3.05) is 11.9 Å². The molecule has 25 heavy (non-hydrogen) atoms. The highest BCUT2D eigenvalue weighted by atomic mass is 79.9. The largest absolute Gasteiger partial charge is 0.325 e. The quantitative estimate of drug-likeness (QED) is 0.738. The molecular formula is C16H13BrFN3O3S. The van der Waals surface area contributed by atoms with Crippen molar-refractivity contribution in [1.29, 1.82) is 0 Å². The number of urea groups is 1. The van der Waals surface area contributed by atoms with Gasteiger partial charge in [0.25, 0.3) is 5.91 Å². The van der Waals surface area contributed by atoms with Crippen LogP contribution in [0.15, 0.2) is 40.2 Å². The van der Waals surface area contributed by atoms with Crippen LogP contribution in [0.3, 0.4) is 0 Å². The maximum atomic E-state index is 12.9. The van der Waals surface area contributed by atoms with E-state index in [2.05, 4.69) is 26.6 Å². The lowest BCUT2D eigenvalue weighted by Crippen LogP contribution is -2.41. The lowest BCUT2D eigenvalue weighted by molar-refractivity contribution is -0.133. The molecule has 1 atom stereocenters. The molecule has 1 aromatic carbocycles. The zero-order valence-corrected chi connectivity index (χ0v) is 15.4. The molecule has 0 spiro atoms. The lowest BCUT2D eigenvalue weighted by Gasteiger charge is -2.20. The van der Waals surface area contributed by atoms with Crippen molar-refractivity contribution in [3.63, 3.8) is 0 Å². The maximum Gasteiger partial charge on any atom is 0.325 e. The minimum absolute atomic E-state index is 0.378. The molecule has 9 heteroatoms. The summed E-state index contributed by atoms with van der Waals surface area (Å²) in [6.45, 7) is 1.17. The predicted molar refractivity (Wildman–Crippen MR) is 94.6 cm³/mol. The van der Waals surface area contributed by atoms with Gasteiger partial charge < -0.3 is 10.6 Å². The van der Waals surface area contributed by atoms with E-state index in [1.807, 2.05) is 0 Å². The van der Waals surface area contributed by atoms with Crippen molar-refractivity contribution in [1.82, 2.24) is 10.2 Å². The van der Waals surface area contributed by atoms with Crippen LogP contribution in [-0.4, -0.2) is 29.3 Å². The molecule has 1 aliphatic rings. The van der Waals surface area contributed by atoms with E-state index in [9.17, 15) is 18.8 Å². The normalized spacial score (nSPS) is 19.9. The second-order valence-corrected chi connectivity index (χ2v) is 8.07. The lowest BCUT2D eigenvalue weighted by atomic mass is 10.0. The molecule has 130 valence electrons. The summed E-state index contributed by atoms with van der Waals surface area (Å²) in [5.74, 6) is -1.47. The first-order valence-electron chi connectivity index (χ1n) is 7.25. The molecule has 2 aromatic rings.